The summed E-state index contributed by atoms with van der Waals surface area (Å²) >= 11 is 0. The highest BCUT2D eigenvalue weighted by atomic mass is 32.2. The molecule has 2 aromatic carbocycles. The van der Waals surface area contributed by atoms with Crippen molar-refractivity contribution in [2.45, 2.75) is 5.51 Å². The molecule has 0 aromatic heterocycles. The molecule has 0 radical (unpaired) electrons. The summed E-state index contributed by atoms with van der Waals surface area (Å²) < 4.78 is 75.5. The van der Waals surface area contributed by atoms with Gasteiger partial charge in [0.1, 0.15) is 11.5 Å². The van der Waals surface area contributed by atoms with E-state index in [0.717, 1.165) is 0 Å². The third kappa shape index (κ3) is 4.46. The molecule has 10 heteroatoms. The first-order chi connectivity index (χ1) is 11.7. The third-order valence-electron chi connectivity index (χ3n) is 3.34. The lowest BCUT2D eigenvalue weighted by atomic mass is 9.56. The number of ether oxygens (including phenoxy) is 2. The zero-order valence-electron chi connectivity index (χ0n) is 13.3. The van der Waals surface area contributed by atoms with Gasteiger partial charge in [0, 0.05) is 0 Å². The molecular weight excluding hydrogens is 360 g/mol. The van der Waals surface area contributed by atoms with E-state index in [1.165, 1.54) is 62.8 Å². The van der Waals surface area contributed by atoms with Crippen molar-refractivity contribution in [3.63, 3.8) is 0 Å². The third-order valence-corrected chi connectivity index (χ3v) is 4.36. The molecule has 0 aliphatic rings. The highest BCUT2D eigenvalue weighted by Crippen LogP contribution is 2.25. The van der Waals surface area contributed by atoms with Crippen LogP contribution in [0.2, 0.25) is 0 Å². The van der Waals surface area contributed by atoms with Gasteiger partial charge in [-0.2, -0.15) is 21.6 Å². The van der Waals surface area contributed by atoms with E-state index in [9.17, 15) is 21.6 Å². The Kier molecular flexibility index (Phi) is 5.63. The second-order valence-corrected chi connectivity index (χ2v) is 6.49. The van der Waals surface area contributed by atoms with Crippen molar-refractivity contribution in [1.29, 1.82) is 0 Å². The molecule has 5 nitrogen and oxygen atoms in total. The van der Waals surface area contributed by atoms with E-state index in [2.05, 4.69) is 4.10 Å². The molecule has 2 rings (SSSR count). The Bertz CT molecular complexity index is 757. The second-order valence-electron chi connectivity index (χ2n) is 4.92. The molecular formula is C15H14BF3O5S. The molecule has 0 saturated heterocycles. The number of alkyl halides is 3. The number of halogens is 3. The minimum atomic E-state index is -5.79. The lowest BCUT2D eigenvalue weighted by Crippen LogP contribution is -2.48. The fraction of sp³-hybridized carbons (Fsp3) is 0.200. The van der Waals surface area contributed by atoms with Crippen LogP contribution in [0.1, 0.15) is 0 Å². The minimum Gasteiger partial charge on any atom is -0.497 e. The number of hydrogen-bond donors (Lipinski definition) is 0. The zero-order chi connectivity index (χ0) is 18.7. The number of rotatable bonds is 6. The fourth-order valence-corrected chi connectivity index (χ4v) is 2.63. The molecule has 0 aliphatic heterocycles. The van der Waals surface area contributed by atoms with E-state index in [4.69, 9.17) is 9.47 Å². The topological polar surface area (TPSA) is 61.8 Å². The summed E-state index contributed by atoms with van der Waals surface area (Å²) in [4.78, 5) is 0. The van der Waals surface area contributed by atoms with E-state index in [-0.39, 0.29) is 10.9 Å². The predicted molar refractivity (Wildman–Crippen MR) is 87.1 cm³/mol. The van der Waals surface area contributed by atoms with Gasteiger partial charge in [0.15, 0.2) is 0 Å². The summed E-state index contributed by atoms with van der Waals surface area (Å²) in [5.74, 6) is 0.937. The molecule has 134 valence electrons. The smallest absolute Gasteiger partial charge is 0.497 e. The number of methoxy groups -OCH3 is 2. The first-order valence-corrected chi connectivity index (χ1v) is 8.36. The van der Waals surface area contributed by atoms with Gasteiger partial charge in [0.2, 0.25) is 0 Å². The molecule has 0 heterocycles. The quantitative estimate of drug-likeness (QED) is 0.569. The Hall–Kier alpha value is -2.20. The van der Waals surface area contributed by atoms with Gasteiger partial charge in [0.25, 0.3) is 0 Å². The highest BCUT2D eigenvalue weighted by molar-refractivity contribution is 7.88. The van der Waals surface area contributed by atoms with Crippen LogP contribution in [0.15, 0.2) is 48.5 Å². The van der Waals surface area contributed by atoms with Gasteiger partial charge in [-0.3, -0.25) is 0 Å². The maximum Gasteiger partial charge on any atom is 0.521 e. The monoisotopic (exact) mass is 374 g/mol. The van der Waals surface area contributed by atoms with Crippen LogP contribution in [0.3, 0.4) is 0 Å². The summed E-state index contributed by atoms with van der Waals surface area (Å²) in [6.07, 6.45) is 0. The Labute approximate surface area is 143 Å². The Morgan fingerprint density at radius 1 is 0.800 bits per heavy atom. The van der Waals surface area contributed by atoms with E-state index in [0.29, 0.717) is 11.5 Å². The van der Waals surface area contributed by atoms with Gasteiger partial charge < -0.3 is 13.6 Å². The van der Waals surface area contributed by atoms with Crippen LogP contribution in [-0.2, 0) is 14.2 Å². The molecule has 25 heavy (non-hydrogen) atoms. The lowest BCUT2D eigenvalue weighted by molar-refractivity contribution is -0.0500. The van der Waals surface area contributed by atoms with Crippen molar-refractivity contribution >= 4 is 28.0 Å². The fourth-order valence-electron chi connectivity index (χ4n) is 2.04. The van der Waals surface area contributed by atoms with E-state index in [1.54, 1.807) is 0 Å². The summed E-state index contributed by atoms with van der Waals surface area (Å²) in [6.45, 7) is -1.47. The molecule has 0 N–H and O–H groups in total. The van der Waals surface area contributed by atoms with Gasteiger partial charge >= 0.3 is 22.5 Å². The molecule has 0 spiro atoms. The van der Waals surface area contributed by atoms with Gasteiger partial charge in [-0.25, -0.2) is 0 Å². The van der Waals surface area contributed by atoms with E-state index in [1.807, 2.05) is 0 Å². The maximum atomic E-state index is 12.7. The molecule has 0 atom stereocenters. The molecule has 0 saturated carbocycles. The summed E-state index contributed by atoms with van der Waals surface area (Å²) in [6, 6.07) is 11.7. The van der Waals surface area contributed by atoms with Crippen molar-refractivity contribution in [2.75, 3.05) is 14.2 Å². The van der Waals surface area contributed by atoms with Crippen molar-refractivity contribution in [3.8, 4) is 11.5 Å². The van der Waals surface area contributed by atoms with Crippen LogP contribution < -0.4 is 20.4 Å². The van der Waals surface area contributed by atoms with Gasteiger partial charge in [-0.1, -0.05) is 24.3 Å². The Morgan fingerprint density at radius 3 is 1.44 bits per heavy atom. The number of hydrogen-bond acceptors (Lipinski definition) is 5. The Balaban J connectivity index is 2.46. The molecule has 0 unspecified atom stereocenters. The van der Waals surface area contributed by atoms with E-state index < -0.39 is 22.5 Å². The highest BCUT2D eigenvalue weighted by Gasteiger charge is 2.49. The van der Waals surface area contributed by atoms with Gasteiger partial charge in [-0.15, -0.1) is 0 Å². The van der Waals surface area contributed by atoms with Crippen LogP contribution in [0.25, 0.3) is 0 Å². The van der Waals surface area contributed by atoms with Crippen molar-refractivity contribution < 1.29 is 35.2 Å². The minimum absolute atomic E-state index is 0.221. The lowest BCUT2D eigenvalue weighted by Gasteiger charge is -2.17. The average Bonchev–Trinajstić information content (AvgIpc) is 2.59. The normalized spacial score (nSPS) is 11.9. The molecule has 2 aromatic rings. The van der Waals surface area contributed by atoms with Crippen molar-refractivity contribution in [1.82, 2.24) is 0 Å². The predicted octanol–water partition coefficient (Wildman–Crippen LogP) is 1.68. The molecule has 0 aliphatic carbocycles. The molecule has 0 amide bonds. The second kappa shape index (κ2) is 7.36. The first kappa shape index (κ1) is 19.1. The van der Waals surface area contributed by atoms with Crippen LogP contribution >= 0.6 is 0 Å². The number of benzene rings is 2. The molecule has 0 fully saturated rings. The van der Waals surface area contributed by atoms with Crippen LogP contribution in [-0.4, -0.2) is 35.1 Å². The Morgan fingerprint density at radius 2 is 1.16 bits per heavy atom. The SMILES string of the molecule is COc1ccc(B(OS(=O)(=O)C(F)(F)F)c2ccc(OC)cc2)cc1. The summed E-state index contributed by atoms with van der Waals surface area (Å²) in [5.41, 5.74) is -5.08. The summed E-state index contributed by atoms with van der Waals surface area (Å²) in [5, 5.41) is 0. The largest absolute Gasteiger partial charge is 0.521 e. The van der Waals surface area contributed by atoms with Crippen LogP contribution in [0.5, 0.6) is 11.5 Å². The van der Waals surface area contributed by atoms with Crippen molar-refractivity contribution in [3.05, 3.63) is 48.5 Å². The van der Waals surface area contributed by atoms with Gasteiger partial charge in [0.05, 0.1) is 14.2 Å². The van der Waals surface area contributed by atoms with Gasteiger partial charge in [-0.05, 0) is 35.2 Å². The van der Waals surface area contributed by atoms with Crippen LogP contribution in [0.4, 0.5) is 13.2 Å². The standard InChI is InChI=1S/C15H14BF3O5S/c1-22-13-7-3-11(4-8-13)16(24-25(20,21)15(17,18)19)12-5-9-14(23-2)10-6-12/h3-10H,1-2H3. The van der Waals surface area contributed by atoms with E-state index >= 15 is 0 Å². The van der Waals surface area contributed by atoms with Crippen molar-refractivity contribution in [2.24, 2.45) is 0 Å². The maximum absolute atomic E-state index is 12.7. The van der Waals surface area contributed by atoms with Crippen LogP contribution in [0, 0.1) is 0 Å². The molecule has 0 bridgehead atoms. The zero-order valence-corrected chi connectivity index (χ0v) is 14.1. The average molecular weight is 374 g/mol. The first-order valence-electron chi connectivity index (χ1n) is 6.95. The summed E-state index contributed by atoms with van der Waals surface area (Å²) in [7, 11) is -2.92.